The summed E-state index contributed by atoms with van der Waals surface area (Å²) in [6.45, 7) is 4.56. The number of ether oxygens (including phenoxy) is 1. The third-order valence-corrected chi connectivity index (χ3v) is 2.09. The fraction of sp³-hybridized carbons (Fsp3) is 0.875. The number of morpholine rings is 1. The molecule has 1 unspecified atom stereocenters. The van der Waals surface area contributed by atoms with E-state index in [1.165, 1.54) is 0 Å². The van der Waals surface area contributed by atoms with E-state index < -0.39 is 6.61 Å². The van der Waals surface area contributed by atoms with E-state index >= 15 is 0 Å². The van der Waals surface area contributed by atoms with Gasteiger partial charge in [0.05, 0.1) is 25.3 Å². The summed E-state index contributed by atoms with van der Waals surface area (Å²) in [4.78, 5) is 12.9. The highest BCUT2D eigenvalue weighted by molar-refractivity contribution is 5.77. The topological polar surface area (TPSA) is 49.8 Å². The van der Waals surface area contributed by atoms with Crippen molar-refractivity contribution in [2.45, 2.75) is 25.9 Å². The Morgan fingerprint density at radius 1 is 1.50 bits per heavy atom. The molecule has 0 radical (unpaired) electrons. The van der Waals surface area contributed by atoms with E-state index in [2.05, 4.69) is 0 Å². The first-order chi connectivity index (χ1) is 5.66. The van der Waals surface area contributed by atoms with Gasteiger partial charge in [-0.05, 0) is 13.8 Å². The number of rotatable bonds is 1. The predicted molar refractivity (Wildman–Crippen MR) is 43.7 cm³/mol. The van der Waals surface area contributed by atoms with Crippen LogP contribution in [0.2, 0.25) is 0 Å². The Hall–Kier alpha value is -0.610. The number of amides is 1. The number of hydrogen-bond donors (Lipinski definition) is 1. The second-order valence-corrected chi connectivity index (χ2v) is 3.19. The summed E-state index contributed by atoms with van der Waals surface area (Å²) in [6, 6.07) is 0.154. The normalized spacial score (nSPS) is 30.4. The molecule has 1 fully saturated rings. The van der Waals surface area contributed by atoms with Gasteiger partial charge in [-0.2, -0.15) is 0 Å². The van der Waals surface area contributed by atoms with Crippen LogP contribution in [0.25, 0.3) is 0 Å². The number of aliphatic hydroxyl groups is 1. The summed E-state index contributed by atoms with van der Waals surface area (Å²) in [7, 11) is 0. The van der Waals surface area contributed by atoms with Gasteiger partial charge in [-0.25, -0.2) is 0 Å². The molecule has 0 bridgehead atoms. The van der Waals surface area contributed by atoms with Crippen molar-refractivity contribution in [1.29, 1.82) is 0 Å². The van der Waals surface area contributed by atoms with E-state index in [4.69, 9.17) is 9.84 Å². The average Bonchev–Trinajstić information content (AvgIpc) is 2.03. The van der Waals surface area contributed by atoms with Crippen molar-refractivity contribution in [1.82, 2.24) is 4.90 Å². The fourth-order valence-corrected chi connectivity index (χ4v) is 1.58. The first kappa shape index (κ1) is 9.48. The van der Waals surface area contributed by atoms with Gasteiger partial charge in [-0.3, -0.25) is 4.79 Å². The minimum Gasteiger partial charge on any atom is -0.387 e. The molecule has 4 nitrogen and oxygen atoms in total. The lowest BCUT2D eigenvalue weighted by atomic mass is 10.2. The van der Waals surface area contributed by atoms with E-state index in [-0.39, 0.29) is 18.0 Å². The van der Waals surface area contributed by atoms with Crippen molar-refractivity contribution in [3.8, 4) is 0 Å². The molecule has 0 aromatic rings. The van der Waals surface area contributed by atoms with Gasteiger partial charge in [0.25, 0.3) is 0 Å². The first-order valence-corrected chi connectivity index (χ1v) is 4.16. The van der Waals surface area contributed by atoms with Crippen molar-refractivity contribution in [2.24, 2.45) is 0 Å². The standard InChI is InChI=1S/C8H15NO3/c1-6-4-12-5-7(2)9(6)8(11)3-10/h6-7,10H,3-5H2,1-2H3/t6-,7?/m0/s1. The van der Waals surface area contributed by atoms with Crippen molar-refractivity contribution >= 4 is 5.91 Å². The molecule has 1 N–H and O–H groups in total. The smallest absolute Gasteiger partial charge is 0.248 e. The van der Waals surface area contributed by atoms with Crippen LogP contribution in [0.15, 0.2) is 0 Å². The maximum atomic E-state index is 11.2. The van der Waals surface area contributed by atoms with Gasteiger partial charge in [0.15, 0.2) is 0 Å². The van der Waals surface area contributed by atoms with E-state index in [0.717, 1.165) is 0 Å². The highest BCUT2D eigenvalue weighted by Gasteiger charge is 2.28. The van der Waals surface area contributed by atoms with Crippen LogP contribution in [-0.4, -0.2) is 47.8 Å². The molecule has 1 rings (SSSR count). The van der Waals surface area contributed by atoms with Gasteiger partial charge in [0.2, 0.25) is 5.91 Å². The summed E-state index contributed by atoms with van der Waals surface area (Å²) >= 11 is 0. The van der Waals surface area contributed by atoms with Crippen LogP contribution in [0.1, 0.15) is 13.8 Å². The molecule has 0 aliphatic carbocycles. The zero-order chi connectivity index (χ0) is 9.14. The second-order valence-electron chi connectivity index (χ2n) is 3.19. The molecular weight excluding hydrogens is 158 g/mol. The molecule has 1 aliphatic rings. The van der Waals surface area contributed by atoms with E-state index in [1.807, 2.05) is 13.8 Å². The van der Waals surface area contributed by atoms with Crippen molar-refractivity contribution in [3.05, 3.63) is 0 Å². The molecule has 1 heterocycles. The summed E-state index contributed by atoms with van der Waals surface area (Å²) in [5, 5.41) is 8.69. The second kappa shape index (κ2) is 3.87. The van der Waals surface area contributed by atoms with Crippen molar-refractivity contribution < 1.29 is 14.6 Å². The summed E-state index contributed by atoms with van der Waals surface area (Å²) < 4.78 is 5.24. The van der Waals surface area contributed by atoms with Crippen molar-refractivity contribution in [2.75, 3.05) is 19.8 Å². The summed E-state index contributed by atoms with van der Waals surface area (Å²) in [5.41, 5.74) is 0. The molecular formula is C8H15NO3. The molecule has 1 saturated heterocycles. The molecule has 0 spiro atoms. The molecule has 2 atom stereocenters. The van der Waals surface area contributed by atoms with Gasteiger partial charge >= 0.3 is 0 Å². The lowest BCUT2D eigenvalue weighted by Crippen LogP contribution is -2.53. The lowest BCUT2D eigenvalue weighted by molar-refractivity contribution is -0.147. The van der Waals surface area contributed by atoms with E-state index in [1.54, 1.807) is 4.90 Å². The summed E-state index contributed by atoms with van der Waals surface area (Å²) in [6.07, 6.45) is 0. The van der Waals surface area contributed by atoms with Crippen molar-refractivity contribution in [3.63, 3.8) is 0 Å². The van der Waals surface area contributed by atoms with E-state index in [9.17, 15) is 4.79 Å². The van der Waals surface area contributed by atoms with Crippen LogP contribution < -0.4 is 0 Å². The van der Waals surface area contributed by atoms with Crippen LogP contribution in [0.4, 0.5) is 0 Å². The van der Waals surface area contributed by atoms with Crippen LogP contribution in [-0.2, 0) is 9.53 Å². The Kier molecular flexibility index (Phi) is 3.05. The Morgan fingerprint density at radius 3 is 2.42 bits per heavy atom. The van der Waals surface area contributed by atoms with Crippen LogP contribution in [0.5, 0.6) is 0 Å². The number of hydrogen-bond acceptors (Lipinski definition) is 3. The predicted octanol–water partition coefficient (Wildman–Crippen LogP) is -0.385. The van der Waals surface area contributed by atoms with Gasteiger partial charge in [-0.15, -0.1) is 0 Å². The molecule has 12 heavy (non-hydrogen) atoms. The fourth-order valence-electron chi connectivity index (χ4n) is 1.58. The highest BCUT2D eigenvalue weighted by atomic mass is 16.5. The number of carbonyl (C=O) groups excluding carboxylic acids is 1. The zero-order valence-corrected chi connectivity index (χ0v) is 7.49. The first-order valence-electron chi connectivity index (χ1n) is 4.16. The minimum absolute atomic E-state index is 0.0772. The maximum Gasteiger partial charge on any atom is 0.248 e. The third-order valence-electron chi connectivity index (χ3n) is 2.09. The number of carbonyl (C=O) groups is 1. The van der Waals surface area contributed by atoms with Gasteiger partial charge < -0.3 is 14.7 Å². The number of aliphatic hydroxyl groups excluding tert-OH is 1. The molecule has 4 heteroatoms. The van der Waals surface area contributed by atoms with E-state index in [0.29, 0.717) is 13.2 Å². The van der Waals surface area contributed by atoms with Crippen LogP contribution in [0.3, 0.4) is 0 Å². The van der Waals surface area contributed by atoms with Crippen LogP contribution >= 0.6 is 0 Å². The molecule has 1 amide bonds. The Labute approximate surface area is 72.1 Å². The molecule has 1 aliphatic heterocycles. The Bertz CT molecular complexity index is 162. The lowest BCUT2D eigenvalue weighted by Gasteiger charge is -2.38. The van der Waals surface area contributed by atoms with Gasteiger partial charge in [0, 0.05) is 0 Å². The largest absolute Gasteiger partial charge is 0.387 e. The third kappa shape index (κ3) is 1.76. The molecule has 70 valence electrons. The molecule has 0 aromatic heterocycles. The van der Waals surface area contributed by atoms with Gasteiger partial charge in [0.1, 0.15) is 6.61 Å². The van der Waals surface area contributed by atoms with Crippen LogP contribution in [0, 0.1) is 0 Å². The Balaban J connectivity index is 2.62. The average molecular weight is 173 g/mol. The number of nitrogens with zero attached hydrogens (tertiary/aromatic N) is 1. The maximum absolute atomic E-state index is 11.2. The quantitative estimate of drug-likeness (QED) is 0.587. The van der Waals surface area contributed by atoms with Gasteiger partial charge in [-0.1, -0.05) is 0 Å². The molecule has 0 aromatic carbocycles. The minimum atomic E-state index is -0.408. The SMILES string of the molecule is CC1COC[C@H](C)N1C(=O)CO. The molecule has 0 saturated carbocycles. The Morgan fingerprint density at radius 2 is 2.00 bits per heavy atom. The zero-order valence-electron chi connectivity index (χ0n) is 7.49. The highest BCUT2D eigenvalue weighted by Crippen LogP contribution is 2.12. The summed E-state index contributed by atoms with van der Waals surface area (Å²) in [5.74, 6) is -0.210. The monoisotopic (exact) mass is 173 g/mol.